The van der Waals surface area contributed by atoms with Gasteiger partial charge in [0.1, 0.15) is 0 Å². The fraction of sp³-hybridized carbons (Fsp3) is 0. The molecule has 3 aliphatic carbocycles. The summed E-state index contributed by atoms with van der Waals surface area (Å²) in [5.41, 5.74) is 13.8. The molecule has 5 rings (SSSR count). The molecule has 6 heteroatoms. The summed E-state index contributed by atoms with van der Waals surface area (Å²) >= 11 is 0. The molecule has 0 atom stereocenters. The van der Waals surface area contributed by atoms with Crippen LogP contribution in [0.3, 0.4) is 0 Å². The van der Waals surface area contributed by atoms with Crippen LogP contribution in [0.5, 0.6) is 0 Å². The van der Waals surface area contributed by atoms with Gasteiger partial charge in [0.15, 0.2) is 10.9 Å². The van der Waals surface area contributed by atoms with Gasteiger partial charge >= 0.3 is 0 Å². The summed E-state index contributed by atoms with van der Waals surface area (Å²) in [4.78, 5) is 26.9. The number of nitrogens with two attached hydrogens (primary N) is 2. The quantitative estimate of drug-likeness (QED) is 0.303. The predicted molar refractivity (Wildman–Crippen MR) is 129 cm³/mol. The van der Waals surface area contributed by atoms with Gasteiger partial charge in [-0.1, -0.05) is 60.7 Å². The molecule has 34 heavy (non-hydrogen) atoms. The topological polar surface area (TPSA) is 134 Å². The van der Waals surface area contributed by atoms with Crippen molar-refractivity contribution in [2.45, 2.75) is 0 Å². The zero-order valence-corrected chi connectivity index (χ0v) is 18.1. The Labute approximate surface area is 192 Å². The second-order valence-corrected chi connectivity index (χ2v) is 8.04. The average molecular weight is 444 g/mol. The Morgan fingerprint density at radius 1 is 0.529 bits per heavy atom. The lowest BCUT2D eigenvalue weighted by Crippen LogP contribution is -2.39. The molecule has 2 aromatic carbocycles. The normalized spacial score (nSPS) is 13.2. The van der Waals surface area contributed by atoms with Crippen LogP contribution < -0.4 is 43.5 Å². The van der Waals surface area contributed by atoms with E-state index in [0.29, 0.717) is 21.8 Å². The Kier molecular flexibility index (Phi) is 4.91. The molecule has 0 aromatic heterocycles. The second kappa shape index (κ2) is 7.94. The molecule has 0 saturated heterocycles. The lowest BCUT2D eigenvalue weighted by atomic mass is 10.0. The maximum absolute atomic E-state index is 13.4. The number of rotatable bonds is 2. The summed E-state index contributed by atoms with van der Waals surface area (Å²) < 4.78 is 0. The summed E-state index contributed by atoms with van der Waals surface area (Å²) in [5.74, 6) is 0. The molecular formula is C28H20N4O2. The third kappa shape index (κ3) is 3.12. The first kappa shape index (κ1) is 21.0. The first-order chi connectivity index (χ1) is 16.4. The van der Waals surface area contributed by atoms with Crippen molar-refractivity contribution in [3.05, 3.63) is 159 Å². The van der Waals surface area contributed by atoms with Gasteiger partial charge in [0.25, 0.3) is 0 Å². The Hall–Kier alpha value is -4.84. The monoisotopic (exact) mass is 444 g/mol. The fourth-order valence-electron chi connectivity index (χ4n) is 4.32. The van der Waals surface area contributed by atoms with Gasteiger partial charge in [-0.2, -0.15) is 0 Å². The fourth-order valence-corrected chi connectivity index (χ4v) is 4.32. The van der Waals surface area contributed by atoms with Gasteiger partial charge in [0.05, 0.1) is 21.2 Å². The van der Waals surface area contributed by atoms with Crippen molar-refractivity contribution >= 4 is 11.4 Å². The molecule has 2 aromatic rings. The molecule has 0 heterocycles. The van der Waals surface area contributed by atoms with Crippen molar-refractivity contribution in [2.24, 2.45) is 11.5 Å². The van der Waals surface area contributed by atoms with Crippen molar-refractivity contribution in [3.8, 4) is 0 Å². The van der Waals surface area contributed by atoms with Gasteiger partial charge in [-0.05, 0) is 35.4 Å². The highest BCUT2D eigenvalue weighted by atomic mass is 16.1. The first-order valence-electron chi connectivity index (χ1n) is 10.6. The maximum atomic E-state index is 13.4. The van der Waals surface area contributed by atoms with Crippen LogP contribution in [0.1, 0.15) is 11.1 Å². The van der Waals surface area contributed by atoms with E-state index < -0.39 is 10.9 Å². The molecule has 164 valence electrons. The summed E-state index contributed by atoms with van der Waals surface area (Å²) in [6.45, 7) is 0. The van der Waals surface area contributed by atoms with E-state index >= 15 is 0 Å². The van der Waals surface area contributed by atoms with Crippen LogP contribution in [0.15, 0.2) is 94.5 Å². The summed E-state index contributed by atoms with van der Waals surface area (Å²) in [7, 11) is 0. The van der Waals surface area contributed by atoms with E-state index in [4.69, 9.17) is 22.3 Å². The van der Waals surface area contributed by atoms with Gasteiger partial charge in [-0.25, -0.2) is 0 Å². The molecule has 0 aliphatic heterocycles. The van der Waals surface area contributed by atoms with Crippen molar-refractivity contribution in [1.29, 1.82) is 10.8 Å². The van der Waals surface area contributed by atoms with Crippen LogP contribution in [-0.2, 0) is 0 Å². The van der Waals surface area contributed by atoms with Crippen molar-refractivity contribution in [1.82, 2.24) is 0 Å². The Morgan fingerprint density at radius 2 is 0.882 bits per heavy atom. The molecule has 0 fully saturated rings. The summed E-state index contributed by atoms with van der Waals surface area (Å²) in [5, 5.41) is 18.1. The Balaban J connectivity index is 1.96. The Bertz CT molecular complexity index is 1890. The smallest absolute Gasteiger partial charge is 0.196 e. The van der Waals surface area contributed by atoms with E-state index in [1.165, 1.54) is 12.1 Å². The lowest BCUT2D eigenvalue weighted by molar-refractivity contribution is 1.10. The van der Waals surface area contributed by atoms with E-state index in [1.54, 1.807) is 12.1 Å². The standard InChI is InChI=1S/C28H20N4O2/c29-23(15-7-3-1-4-8-15)19-13-11-17-21(25(19)31)27(33)18-12-14-20(26(32)22(18)28(17)34)24(30)16-9-5-2-6-10-16/h1-14,31-32H,29-30H2. The van der Waals surface area contributed by atoms with Crippen LogP contribution in [0.25, 0.3) is 11.4 Å². The summed E-state index contributed by atoms with van der Waals surface area (Å²) in [6.07, 6.45) is 0. The minimum Gasteiger partial charge on any atom is -0.398 e. The van der Waals surface area contributed by atoms with Crippen molar-refractivity contribution in [3.63, 3.8) is 0 Å². The zero-order valence-electron chi connectivity index (χ0n) is 18.1. The molecule has 6 nitrogen and oxygen atoms in total. The highest BCUT2D eigenvalue weighted by Gasteiger charge is 2.11. The zero-order chi connectivity index (χ0) is 24.0. The molecule has 0 saturated carbocycles. The number of hydrogen-bond acceptors (Lipinski definition) is 6. The lowest BCUT2D eigenvalue weighted by Gasteiger charge is -2.04. The minimum absolute atomic E-state index is 0.000965. The molecule has 0 bridgehead atoms. The van der Waals surface area contributed by atoms with Gasteiger partial charge in [0.2, 0.25) is 0 Å². The van der Waals surface area contributed by atoms with Gasteiger partial charge in [0, 0.05) is 32.3 Å². The number of nitrogens with one attached hydrogen (secondary N) is 2. The molecular weight excluding hydrogens is 424 g/mol. The van der Waals surface area contributed by atoms with Crippen LogP contribution in [0.4, 0.5) is 0 Å². The van der Waals surface area contributed by atoms with E-state index in [2.05, 4.69) is 0 Å². The van der Waals surface area contributed by atoms with Crippen LogP contribution in [0.2, 0.25) is 0 Å². The molecule has 3 aliphatic rings. The number of hydrogen-bond donors (Lipinski definition) is 4. The molecule has 0 radical (unpaired) electrons. The third-order valence-corrected chi connectivity index (χ3v) is 6.10. The van der Waals surface area contributed by atoms with E-state index in [0.717, 1.165) is 11.1 Å². The largest absolute Gasteiger partial charge is 0.398 e. The predicted octanol–water partition coefficient (Wildman–Crippen LogP) is -0.0785. The molecule has 6 N–H and O–H groups in total. The van der Waals surface area contributed by atoms with E-state index in [-0.39, 0.29) is 31.6 Å². The van der Waals surface area contributed by atoms with Crippen molar-refractivity contribution < 1.29 is 0 Å². The second-order valence-electron chi connectivity index (χ2n) is 8.04. The van der Waals surface area contributed by atoms with Crippen LogP contribution in [-0.4, -0.2) is 0 Å². The molecule has 0 spiro atoms. The molecule has 0 amide bonds. The average Bonchev–Trinajstić information content (AvgIpc) is 2.87. The Morgan fingerprint density at radius 3 is 1.24 bits per heavy atom. The van der Waals surface area contributed by atoms with Gasteiger partial charge in [-0.3, -0.25) is 20.4 Å². The van der Waals surface area contributed by atoms with E-state index in [9.17, 15) is 9.59 Å². The maximum Gasteiger partial charge on any atom is 0.196 e. The minimum atomic E-state index is -0.476. The highest BCUT2D eigenvalue weighted by molar-refractivity contribution is 5.63. The van der Waals surface area contributed by atoms with E-state index in [1.807, 2.05) is 60.7 Å². The first-order valence-corrected chi connectivity index (χ1v) is 10.6. The SMILES string of the molecule is N=c1c(=C(N)c2ccccc2)ccc2c(=O)c3c(=N)c(=C(N)c4ccccc4)ccc=3c(=O)c1=2. The number of benzene rings is 2. The molecule has 0 unspecified atom stereocenters. The third-order valence-electron chi connectivity index (χ3n) is 6.10. The highest BCUT2D eigenvalue weighted by Crippen LogP contribution is 2.05. The van der Waals surface area contributed by atoms with Crippen LogP contribution in [0, 0.1) is 31.7 Å². The van der Waals surface area contributed by atoms with Gasteiger partial charge < -0.3 is 11.5 Å². The van der Waals surface area contributed by atoms with Crippen molar-refractivity contribution in [2.75, 3.05) is 0 Å². The van der Waals surface area contributed by atoms with Crippen LogP contribution >= 0.6 is 0 Å². The summed E-state index contributed by atoms with van der Waals surface area (Å²) in [6, 6.07) is 24.5. The van der Waals surface area contributed by atoms with Gasteiger partial charge in [-0.15, -0.1) is 0 Å².